The molecule has 3 rings (SSSR count). The Morgan fingerprint density at radius 3 is 2.48 bits per heavy atom. The number of guanidine groups is 1. The molecule has 8 nitrogen and oxygen atoms in total. The van der Waals surface area contributed by atoms with E-state index in [9.17, 15) is 8.42 Å². The van der Waals surface area contributed by atoms with Crippen LogP contribution in [0.3, 0.4) is 0 Å². The van der Waals surface area contributed by atoms with Crippen molar-refractivity contribution in [3.05, 3.63) is 18.0 Å². The monoisotopic (exact) mass is 425 g/mol. The topological polar surface area (TPSA) is 91.0 Å². The first kappa shape index (κ1) is 22.1. The van der Waals surface area contributed by atoms with Crippen LogP contribution >= 0.6 is 0 Å². The second-order valence-electron chi connectivity index (χ2n) is 8.59. The summed E-state index contributed by atoms with van der Waals surface area (Å²) in [5.74, 6) is 3.12. The highest BCUT2D eigenvalue weighted by Crippen LogP contribution is 2.32. The van der Waals surface area contributed by atoms with Crippen LogP contribution in [0.15, 0.2) is 21.8 Å². The molecule has 1 saturated heterocycles. The molecule has 2 fully saturated rings. The van der Waals surface area contributed by atoms with E-state index in [2.05, 4.69) is 34.2 Å². The summed E-state index contributed by atoms with van der Waals surface area (Å²) in [6.07, 6.45) is 6.60. The van der Waals surface area contributed by atoms with Gasteiger partial charge in [-0.05, 0) is 43.4 Å². The predicted octanol–water partition coefficient (Wildman–Crippen LogP) is 2.16. The molecule has 0 spiro atoms. The zero-order valence-corrected chi connectivity index (χ0v) is 18.7. The van der Waals surface area contributed by atoms with Gasteiger partial charge in [0.25, 0.3) is 0 Å². The second-order valence-corrected chi connectivity index (χ2v) is 10.6. The fraction of sp³-hybridized carbons (Fsp3) is 0.800. The molecule has 164 valence electrons. The van der Waals surface area contributed by atoms with E-state index in [-0.39, 0.29) is 5.75 Å². The summed E-state index contributed by atoms with van der Waals surface area (Å²) < 4.78 is 31.5. The molecule has 29 heavy (non-hydrogen) atoms. The average molecular weight is 426 g/mol. The van der Waals surface area contributed by atoms with Crippen LogP contribution in [0.4, 0.5) is 0 Å². The van der Waals surface area contributed by atoms with E-state index in [0.717, 1.165) is 24.3 Å². The summed E-state index contributed by atoms with van der Waals surface area (Å²) in [7, 11) is -1.58. The first-order valence-corrected chi connectivity index (χ1v) is 12.3. The first-order valence-electron chi connectivity index (χ1n) is 10.7. The summed E-state index contributed by atoms with van der Waals surface area (Å²) >= 11 is 0. The predicted molar refractivity (Wildman–Crippen MR) is 114 cm³/mol. The van der Waals surface area contributed by atoms with Gasteiger partial charge >= 0.3 is 0 Å². The van der Waals surface area contributed by atoms with E-state index in [1.54, 1.807) is 17.4 Å². The molecule has 1 N–H and O–H groups in total. The van der Waals surface area contributed by atoms with Crippen LogP contribution in [-0.2, 0) is 15.8 Å². The summed E-state index contributed by atoms with van der Waals surface area (Å²) in [6, 6.07) is 1.59. The Kier molecular flexibility index (Phi) is 7.56. The van der Waals surface area contributed by atoms with Crippen molar-refractivity contribution in [2.24, 2.45) is 22.7 Å². The molecule has 1 aliphatic heterocycles. The van der Waals surface area contributed by atoms with Gasteiger partial charge < -0.3 is 14.7 Å². The minimum atomic E-state index is -3.38. The molecular formula is C20H35N5O3S. The van der Waals surface area contributed by atoms with Gasteiger partial charge in [-0.1, -0.05) is 19.0 Å². The van der Waals surface area contributed by atoms with Crippen LogP contribution in [-0.4, -0.2) is 68.5 Å². The smallest absolute Gasteiger partial charge is 0.220 e. The molecule has 2 aliphatic rings. The molecule has 1 aliphatic carbocycles. The zero-order chi connectivity index (χ0) is 20.9. The molecule has 1 aromatic heterocycles. The third-order valence-corrected chi connectivity index (χ3v) is 8.16. The molecule has 2 heterocycles. The van der Waals surface area contributed by atoms with Crippen molar-refractivity contribution in [3.8, 4) is 0 Å². The van der Waals surface area contributed by atoms with E-state index in [1.165, 1.54) is 31.9 Å². The van der Waals surface area contributed by atoms with E-state index < -0.39 is 10.0 Å². The van der Waals surface area contributed by atoms with Crippen LogP contribution in [0.1, 0.15) is 45.2 Å². The van der Waals surface area contributed by atoms with Crippen LogP contribution in [0.25, 0.3) is 0 Å². The number of nitrogens with one attached hydrogen (secondary N) is 1. The van der Waals surface area contributed by atoms with Gasteiger partial charge in [-0.15, -0.1) is 0 Å². The van der Waals surface area contributed by atoms with Crippen molar-refractivity contribution in [2.75, 3.05) is 39.8 Å². The normalized spacial score (nSPS) is 24.8. The number of rotatable bonds is 6. The SMILES string of the molecule is CN=C(NCC1CCC(C(C)C)CC1)N1CCN(S(=O)(=O)Cc2ccon2)CC1. The van der Waals surface area contributed by atoms with Gasteiger partial charge in [-0.2, -0.15) is 4.31 Å². The van der Waals surface area contributed by atoms with Gasteiger partial charge in [0, 0.05) is 45.8 Å². The van der Waals surface area contributed by atoms with Crippen molar-refractivity contribution >= 4 is 16.0 Å². The van der Waals surface area contributed by atoms with Crippen molar-refractivity contribution in [1.82, 2.24) is 19.7 Å². The third-order valence-electron chi connectivity index (χ3n) is 6.35. The maximum absolute atomic E-state index is 12.6. The van der Waals surface area contributed by atoms with Crippen LogP contribution in [0, 0.1) is 17.8 Å². The molecule has 0 atom stereocenters. The molecule has 1 aromatic rings. The Labute approximate surface area is 174 Å². The molecule has 0 unspecified atom stereocenters. The van der Waals surface area contributed by atoms with E-state index in [4.69, 9.17) is 4.52 Å². The van der Waals surface area contributed by atoms with Gasteiger partial charge in [-0.25, -0.2) is 8.42 Å². The van der Waals surface area contributed by atoms with Crippen molar-refractivity contribution in [3.63, 3.8) is 0 Å². The van der Waals surface area contributed by atoms with E-state index >= 15 is 0 Å². The second kappa shape index (κ2) is 9.93. The van der Waals surface area contributed by atoms with E-state index in [1.807, 2.05) is 0 Å². The number of hydrogen-bond acceptors (Lipinski definition) is 5. The Morgan fingerprint density at radius 2 is 1.93 bits per heavy atom. The van der Waals surface area contributed by atoms with Gasteiger partial charge in [0.15, 0.2) is 5.96 Å². The molecule has 0 aromatic carbocycles. The molecule has 0 bridgehead atoms. The number of sulfonamides is 1. The van der Waals surface area contributed by atoms with Crippen LogP contribution in [0.5, 0.6) is 0 Å². The Hall–Kier alpha value is -1.61. The highest BCUT2D eigenvalue weighted by atomic mass is 32.2. The van der Waals surface area contributed by atoms with Gasteiger partial charge in [0.2, 0.25) is 10.0 Å². The molecular weight excluding hydrogens is 390 g/mol. The fourth-order valence-electron chi connectivity index (χ4n) is 4.40. The maximum atomic E-state index is 12.6. The standard InChI is InChI=1S/C20H35N5O3S/c1-16(2)18-6-4-17(5-7-18)14-22-20(21-3)24-9-11-25(12-10-24)29(26,27)15-19-8-13-28-23-19/h8,13,16-18H,4-7,9-12,14-15H2,1-3H3,(H,21,22). The lowest BCUT2D eigenvalue weighted by molar-refractivity contribution is 0.221. The Bertz CT molecular complexity index is 747. The third kappa shape index (κ3) is 5.94. The maximum Gasteiger partial charge on any atom is 0.220 e. The lowest BCUT2D eigenvalue weighted by Gasteiger charge is -2.36. The van der Waals surface area contributed by atoms with Crippen molar-refractivity contribution < 1.29 is 12.9 Å². The van der Waals surface area contributed by atoms with Crippen molar-refractivity contribution in [2.45, 2.75) is 45.3 Å². The quantitative estimate of drug-likeness (QED) is 0.555. The Morgan fingerprint density at radius 1 is 1.24 bits per heavy atom. The lowest BCUT2D eigenvalue weighted by atomic mass is 9.77. The summed E-state index contributed by atoms with van der Waals surface area (Å²) in [5.41, 5.74) is 0.442. The number of hydrogen-bond donors (Lipinski definition) is 1. The largest absolute Gasteiger partial charge is 0.364 e. The first-order chi connectivity index (χ1) is 13.9. The van der Waals surface area contributed by atoms with Gasteiger partial charge in [-0.3, -0.25) is 4.99 Å². The highest BCUT2D eigenvalue weighted by Gasteiger charge is 2.29. The summed E-state index contributed by atoms with van der Waals surface area (Å²) in [4.78, 5) is 6.58. The van der Waals surface area contributed by atoms with Gasteiger partial charge in [0.1, 0.15) is 12.0 Å². The van der Waals surface area contributed by atoms with Crippen LogP contribution in [0.2, 0.25) is 0 Å². The Balaban J connectivity index is 1.44. The summed E-state index contributed by atoms with van der Waals surface area (Å²) in [5, 5.41) is 7.24. The van der Waals surface area contributed by atoms with E-state index in [0.29, 0.717) is 37.8 Å². The zero-order valence-electron chi connectivity index (χ0n) is 17.9. The number of nitrogens with zero attached hydrogens (tertiary/aromatic N) is 4. The lowest BCUT2D eigenvalue weighted by Crippen LogP contribution is -2.54. The molecule has 9 heteroatoms. The minimum Gasteiger partial charge on any atom is -0.364 e. The average Bonchev–Trinajstić information content (AvgIpc) is 3.21. The molecule has 0 amide bonds. The molecule has 1 saturated carbocycles. The number of aromatic nitrogens is 1. The van der Waals surface area contributed by atoms with Gasteiger partial charge in [0.05, 0.1) is 5.69 Å². The number of piperazine rings is 1. The van der Waals surface area contributed by atoms with Crippen molar-refractivity contribution in [1.29, 1.82) is 0 Å². The van der Waals surface area contributed by atoms with Crippen LogP contribution < -0.4 is 5.32 Å². The summed E-state index contributed by atoms with van der Waals surface area (Å²) in [6.45, 7) is 7.80. The number of aliphatic imine (C=N–C) groups is 1. The highest BCUT2D eigenvalue weighted by molar-refractivity contribution is 7.88. The fourth-order valence-corrected chi connectivity index (χ4v) is 5.82. The molecule has 0 radical (unpaired) electrons. The minimum absolute atomic E-state index is 0.116.